The second kappa shape index (κ2) is 5.03. The highest BCUT2D eigenvalue weighted by atomic mass is 79.9. The molecule has 0 unspecified atom stereocenters. The first-order valence-electron chi connectivity index (χ1n) is 5.27. The average molecular weight is 341 g/mol. The molecular weight excluding hydrogens is 329 g/mol. The van der Waals surface area contributed by atoms with Crippen molar-refractivity contribution in [3.63, 3.8) is 0 Å². The fourth-order valence-corrected chi connectivity index (χ4v) is 2.07. The summed E-state index contributed by atoms with van der Waals surface area (Å²) in [4.78, 5) is 11.0. The van der Waals surface area contributed by atoms with Crippen LogP contribution in [-0.4, -0.2) is 16.2 Å². The predicted molar refractivity (Wildman–Crippen MR) is 65.9 cm³/mol. The predicted octanol–water partition coefficient (Wildman–Crippen LogP) is 3.83. The standard InChI is InChI=1S/C12H12BrF3O3/c1-11(2,10(18)19)5-6-3-7(12(14,15)16)9(17)8(13)4-6/h3-4,17H,5H2,1-2H3,(H,18,19). The number of aliphatic carboxylic acids is 1. The molecule has 0 bridgehead atoms. The molecule has 0 heterocycles. The monoisotopic (exact) mass is 340 g/mol. The van der Waals surface area contributed by atoms with E-state index < -0.39 is 28.9 Å². The van der Waals surface area contributed by atoms with Crippen molar-refractivity contribution >= 4 is 21.9 Å². The molecule has 7 heteroatoms. The van der Waals surface area contributed by atoms with E-state index in [2.05, 4.69) is 15.9 Å². The summed E-state index contributed by atoms with van der Waals surface area (Å²) in [5, 5.41) is 18.4. The lowest BCUT2D eigenvalue weighted by molar-refractivity contribution is -0.146. The number of phenols is 1. The fraction of sp³-hybridized carbons (Fsp3) is 0.417. The van der Waals surface area contributed by atoms with Gasteiger partial charge in [-0.05, 0) is 53.9 Å². The minimum Gasteiger partial charge on any atom is -0.506 e. The van der Waals surface area contributed by atoms with Gasteiger partial charge in [0.05, 0.1) is 15.5 Å². The lowest BCUT2D eigenvalue weighted by Crippen LogP contribution is -2.26. The Bertz CT molecular complexity index is 510. The van der Waals surface area contributed by atoms with Crippen LogP contribution in [0.3, 0.4) is 0 Å². The van der Waals surface area contributed by atoms with Gasteiger partial charge in [-0.25, -0.2) is 0 Å². The molecule has 0 aliphatic carbocycles. The zero-order valence-corrected chi connectivity index (χ0v) is 11.8. The first-order chi connectivity index (χ1) is 8.45. The van der Waals surface area contributed by atoms with Crippen LogP contribution < -0.4 is 0 Å². The average Bonchev–Trinajstić information content (AvgIpc) is 2.20. The maximum Gasteiger partial charge on any atom is 0.420 e. The van der Waals surface area contributed by atoms with Crippen LogP contribution in [-0.2, 0) is 17.4 Å². The summed E-state index contributed by atoms with van der Waals surface area (Å²) in [5.41, 5.74) is -2.19. The van der Waals surface area contributed by atoms with Crippen molar-refractivity contribution < 1.29 is 28.2 Å². The number of hydrogen-bond acceptors (Lipinski definition) is 2. The highest BCUT2D eigenvalue weighted by molar-refractivity contribution is 9.10. The number of carbonyl (C=O) groups is 1. The topological polar surface area (TPSA) is 57.5 Å². The molecule has 1 aromatic rings. The lowest BCUT2D eigenvalue weighted by Gasteiger charge is -2.20. The molecule has 0 radical (unpaired) electrons. The van der Waals surface area contributed by atoms with Crippen LogP contribution in [0.5, 0.6) is 5.75 Å². The normalized spacial score (nSPS) is 12.5. The second-order valence-corrected chi connectivity index (χ2v) is 5.69. The number of carboxylic acid groups (broad SMARTS) is 1. The molecule has 0 saturated heterocycles. The Morgan fingerprint density at radius 3 is 2.26 bits per heavy atom. The molecule has 1 aromatic carbocycles. The van der Waals surface area contributed by atoms with E-state index in [-0.39, 0.29) is 16.5 Å². The number of aromatic hydroxyl groups is 1. The number of carboxylic acids is 1. The third kappa shape index (κ3) is 3.62. The molecule has 1 rings (SSSR count). The van der Waals surface area contributed by atoms with E-state index in [0.717, 1.165) is 6.07 Å². The molecule has 0 fully saturated rings. The van der Waals surface area contributed by atoms with E-state index in [0.29, 0.717) is 0 Å². The summed E-state index contributed by atoms with van der Waals surface area (Å²) < 4.78 is 38.0. The molecule has 0 spiro atoms. The van der Waals surface area contributed by atoms with Gasteiger partial charge < -0.3 is 10.2 Å². The summed E-state index contributed by atoms with van der Waals surface area (Å²) in [7, 11) is 0. The second-order valence-electron chi connectivity index (χ2n) is 4.84. The Hall–Kier alpha value is -1.24. The summed E-state index contributed by atoms with van der Waals surface area (Å²) in [6.45, 7) is 2.84. The van der Waals surface area contributed by atoms with Gasteiger partial charge in [-0.2, -0.15) is 13.2 Å². The van der Waals surface area contributed by atoms with Crippen molar-refractivity contribution in [1.29, 1.82) is 0 Å². The van der Waals surface area contributed by atoms with Crippen molar-refractivity contribution in [3.05, 3.63) is 27.7 Å². The third-order valence-electron chi connectivity index (χ3n) is 2.65. The number of phenolic OH excluding ortho intramolecular Hbond substituents is 1. The van der Waals surface area contributed by atoms with Crippen LogP contribution in [0.1, 0.15) is 25.0 Å². The van der Waals surface area contributed by atoms with Gasteiger partial charge in [0, 0.05) is 0 Å². The highest BCUT2D eigenvalue weighted by Crippen LogP contribution is 2.41. The molecular formula is C12H12BrF3O3. The maximum atomic E-state index is 12.7. The van der Waals surface area contributed by atoms with E-state index in [1.54, 1.807) is 0 Å². The molecule has 3 nitrogen and oxygen atoms in total. The minimum atomic E-state index is -4.70. The smallest absolute Gasteiger partial charge is 0.420 e. The van der Waals surface area contributed by atoms with Gasteiger partial charge in [-0.1, -0.05) is 0 Å². The van der Waals surface area contributed by atoms with E-state index in [1.165, 1.54) is 19.9 Å². The summed E-state index contributed by atoms with van der Waals surface area (Å²) >= 11 is 2.84. The number of rotatable bonds is 3. The third-order valence-corrected chi connectivity index (χ3v) is 3.26. The largest absolute Gasteiger partial charge is 0.506 e. The highest BCUT2D eigenvalue weighted by Gasteiger charge is 2.36. The maximum absolute atomic E-state index is 12.7. The Kier molecular flexibility index (Phi) is 4.19. The molecule has 0 amide bonds. The van der Waals surface area contributed by atoms with Crippen LogP contribution >= 0.6 is 15.9 Å². The Morgan fingerprint density at radius 2 is 1.84 bits per heavy atom. The first-order valence-corrected chi connectivity index (χ1v) is 6.06. The lowest BCUT2D eigenvalue weighted by atomic mass is 9.85. The SMILES string of the molecule is CC(C)(Cc1cc(Br)c(O)c(C(F)(F)F)c1)C(=O)O. The van der Waals surface area contributed by atoms with E-state index >= 15 is 0 Å². The number of benzene rings is 1. The fourth-order valence-electron chi connectivity index (χ4n) is 1.56. The Labute approximate surface area is 116 Å². The van der Waals surface area contributed by atoms with Gasteiger partial charge in [0.25, 0.3) is 0 Å². The minimum absolute atomic E-state index is 0.0791. The quantitative estimate of drug-likeness (QED) is 0.879. The summed E-state index contributed by atoms with van der Waals surface area (Å²) in [6, 6.07) is 2.06. The van der Waals surface area contributed by atoms with Crippen LogP contribution in [0.2, 0.25) is 0 Å². The Balaban J connectivity index is 3.26. The van der Waals surface area contributed by atoms with Gasteiger partial charge in [0.2, 0.25) is 0 Å². The van der Waals surface area contributed by atoms with Gasteiger partial charge in [0.1, 0.15) is 5.75 Å². The van der Waals surface area contributed by atoms with E-state index in [4.69, 9.17) is 5.11 Å². The van der Waals surface area contributed by atoms with Crippen molar-refractivity contribution in [2.75, 3.05) is 0 Å². The molecule has 2 N–H and O–H groups in total. The molecule has 0 atom stereocenters. The van der Waals surface area contributed by atoms with Crippen molar-refractivity contribution in [1.82, 2.24) is 0 Å². The van der Waals surface area contributed by atoms with Crippen molar-refractivity contribution in [2.24, 2.45) is 5.41 Å². The molecule has 0 aliphatic heterocycles. The van der Waals surface area contributed by atoms with Gasteiger partial charge in [-0.15, -0.1) is 0 Å². The van der Waals surface area contributed by atoms with Crippen LogP contribution in [0, 0.1) is 5.41 Å². The Morgan fingerprint density at radius 1 is 1.32 bits per heavy atom. The van der Waals surface area contributed by atoms with Gasteiger partial charge in [0.15, 0.2) is 0 Å². The number of hydrogen-bond donors (Lipinski definition) is 2. The molecule has 106 valence electrons. The van der Waals surface area contributed by atoms with Crippen molar-refractivity contribution in [3.8, 4) is 5.75 Å². The van der Waals surface area contributed by atoms with E-state index in [9.17, 15) is 23.1 Å². The van der Waals surface area contributed by atoms with Crippen molar-refractivity contribution in [2.45, 2.75) is 26.4 Å². The summed E-state index contributed by atoms with van der Waals surface area (Å²) in [6.07, 6.45) is -4.78. The van der Waals surface area contributed by atoms with Gasteiger partial charge in [-0.3, -0.25) is 4.79 Å². The first kappa shape index (κ1) is 15.8. The molecule has 0 aliphatic rings. The molecule has 0 saturated carbocycles. The summed E-state index contributed by atoms with van der Waals surface area (Å²) in [5.74, 6) is -2.00. The number of halogens is 4. The van der Waals surface area contributed by atoms with Gasteiger partial charge >= 0.3 is 12.1 Å². The molecule has 19 heavy (non-hydrogen) atoms. The van der Waals surface area contributed by atoms with E-state index in [1.807, 2.05) is 0 Å². The zero-order chi connectivity index (χ0) is 15.0. The van der Waals surface area contributed by atoms with Crippen LogP contribution in [0.15, 0.2) is 16.6 Å². The van der Waals surface area contributed by atoms with Crippen LogP contribution in [0.25, 0.3) is 0 Å². The van der Waals surface area contributed by atoms with Crippen LogP contribution in [0.4, 0.5) is 13.2 Å². The zero-order valence-electron chi connectivity index (χ0n) is 10.2. The molecule has 0 aromatic heterocycles. The number of alkyl halides is 3.